The number of piperidine rings is 1. The van der Waals surface area contributed by atoms with Gasteiger partial charge in [-0.05, 0) is 49.3 Å². The number of carbonyl (C=O) groups excluding carboxylic acids is 2. The molecule has 2 heterocycles. The summed E-state index contributed by atoms with van der Waals surface area (Å²) >= 11 is 1.48. The molecule has 1 saturated heterocycles. The number of nitrogens with zero attached hydrogens (tertiary/aromatic N) is 2. The highest BCUT2D eigenvalue weighted by molar-refractivity contribution is 7.98. The van der Waals surface area contributed by atoms with Gasteiger partial charge in [-0.1, -0.05) is 6.07 Å². The summed E-state index contributed by atoms with van der Waals surface area (Å²) in [6.45, 7) is 1.96. The van der Waals surface area contributed by atoms with Gasteiger partial charge >= 0.3 is 6.03 Å². The van der Waals surface area contributed by atoms with Gasteiger partial charge in [0.25, 0.3) is 5.91 Å². The molecule has 1 aliphatic rings. The van der Waals surface area contributed by atoms with Gasteiger partial charge in [0.1, 0.15) is 10.8 Å². The molecule has 1 aromatic heterocycles. The second-order valence-electron chi connectivity index (χ2n) is 6.86. The summed E-state index contributed by atoms with van der Waals surface area (Å²) in [7, 11) is 1.59. The third-order valence-corrected chi connectivity index (χ3v) is 5.69. The van der Waals surface area contributed by atoms with E-state index in [-0.39, 0.29) is 11.9 Å². The Bertz CT molecular complexity index is 853. The zero-order valence-corrected chi connectivity index (χ0v) is 17.5. The normalized spacial score (nSPS) is 14.3. The molecular formula is C21H26N4O3S. The lowest BCUT2D eigenvalue weighted by Gasteiger charge is -2.32. The average Bonchev–Trinajstić information content (AvgIpc) is 2.77. The van der Waals surface area contributed by atoms with Gasteiger partial charge in [0.05, 0.1) is 12.7 Å². The number of hydrogen-bond donors (Lipinski definition) is 2. The van der Waals surface area contributed by atoms with Crippen LogP contribution in [0, 0.1) is 5.92 Å². The van der Waals surface area contributed by atoms with Crippen molar-refractivity contribution in [2.45, 2.75) is 17.9 Å². The Morgan fingerprint density at radius 1 is 1.24 bits per heavy atom. The van der Waals surface area contributed by atoms with E-state index < -0.39 is 0 Å². The molecule has 8 heteroatoms. The Hall–Kier alpha value is -2.74. The fraction of sp³-hybridized carbons (Fsp3) is 0.381. The van der Waals surface area contributed by atoms with Crippen molar-refractivity contribution in [2.24, 2.45) is 5.92 Å². The zero-order valence-electron chi connectivity index (χ0n) is 16.7. The molecular weight excluding hydrogens is 388 g/mol. The molecule has 3 amide bonds. The highest BCUT2D eigenvalue weighted by atomic mass is 32.2. The molecule has 0 radical (unpaired) electrons. The molecule has 2 aromatic rings. The van der Waals surface area contributed by atoms with Crippen LogP contribution in [-0.2, 0) is 0 Å². The molecule has 0 saturated carbocycles. The van der Waals surface area contributed by atoms with E-state index in [2.05, 4.69) is 15.6 Å². The summed E-state index contributed by atoms with van der Waals surface area (Å²) in [4.78, 5) is 31.1. The van der Waals surface area contributed by atoms with Gasteiger partial charge in [-0.3, -0.25) is 4.79 Å². The van der Waals surface area contributed by atoms with Crippen molar-refractivity contribution in [3.05, 3.63) is 48.2 Å². The number of rotatable bonds is 6. The van der Waals surface area contributed by atoms with Crippen LogP contribution in [-0.4, -0.2) is 54.8 Å². The van der Waals surface area contributed by atoms with Crippen LogP contribution in [0.15, 0.2) is 47.6 Å². The van der Waals surface area contributed by atoms with E-state index >= 15 is 0 Å². The maximum absolute atomic E-state index is 12.8. The van der Waals surface area contributed by atoms with Crippen molar-refractivity contribution in [2.75, 3.05) is 38.3 Å². The number of hydrogen-bond acceptors (Lipinski definition) is 5. The maximum atomic E-state index is 12.8. The summed E-state index contributed by atoms with van der Waals surface area (Å²) in [5.74, 6) is 1.08. The first kappa shape index (κ1) is 21.0. The quantitative estimate of drug-likeness (QED) is 0.707. The number of anilines is 1. The van der Waals surface area contributed by atoms with Gasteiger partial charge in [0.15, 0.2) is 0 Å². The fourth-order valence-corrected chi connectivity index (χ4v) is 3.88. The van der Waals surface area contributed by atoms with Crippen molar-refractivity contribution < 1.29 is 14.3 Å². The molecule has 0 spiro atoms. The lowest BCUT2D eigenvalue weighted by atomic mass is 9.96. The average molecular weight is 415 g/mol. The minimum absolute atomic E-state index is 0.0321. The van der Waals surface area contributed by atoms with Gasteiger partial charge in [-0.15, -0.1) is 11.8 Å². The molecule has 29 heavy (non-hydrogen) atoms. The minimum atomic E-state index is -0.239. The van der Waals surface area contributed by atoms with E-state index in [0.717, 1.165) is 17.9 Å². The third-order valence-electron chi connectivity index (χ3n) is 4.98. The summed E-state index contributed by atoms with van der Waals surface area (Å²) in [5.41, 5.74) is 1.34. The van der Waals surface area contributed by atoms with Gasteiger partial charge in [-0.25, -0.2) is 9.78 Å². The number of amides is 3. The fourth-order valence-electron chi connectivity index (χ4n) is 3.34. The van der Waals surface area contributed by atoms with E-state index in [1.165, 1.54) is 11.8 Å². The molecule has 154 valence electrons. The van der Waals surface area contributed by atoms with Crippen LogP contribution in [0.3, 0.4) is 0 Å². The Kier molecular flexibility index (Phi) is 7.35. The van der Waals surface area contributed by atoms with Crippen molar-refractivity contribution in [1.29, 1.82) is 0 Å². The van der Waals surface area contributed by atoms with Crippen molar-refractivity contribution in [3.8, 4) is 5.75 Å². The highest BCUT2D eigenvalue weighted by Crippen LogP contribution is 2.23. The van der Waals surface area contributed by atoms with Crippen LogP contribution in [0.4, 0.5) is 10.5 Å². The van der Waals surface area contributed by atoms with Crippen LogP contribution in [0.1, 0.15) is 23.2 Å². The SMILES string of the molecule is COc1cccc(NC(=O)NCC2CCN(C(=O)c3cccnc3SC)CC2)c1. The standard InChI is InChI=1S/C21H26N4O3S/c1-28-17-6-3-5-16(13-17)24-21(27)23-14-15-8-11-25(12-9-15)20(26)18-7-4-10-22-19(18)29-2/h3-7,10,13,15H,8-9,11-12,14H2,1-2H3,(H2,23,24,27). The molecule has 1 fully saturated rings. The molecule has 1 aromatic carbocycles. The molecule has 3 rings (SSSR count). The topological polar surface area (TPSA) is 83.6 Å². The summed E-state index contributed by atoms with van der Waals surface area (Å²) in [6, 6.07) is 10.6. The van der Waals surface area contributed by atoms with Crippen molar-refractivity contribution in [1.82, 2.24) is 15.2 Å². The Labute approximate surface area is 175 Å². The second kappa shape index (κ2) is 10.2. The number of pyridine rings is 1. The largest absolute Gasteiger partial charge is 0.497 e. The van der Waals surface area contributed by atoms with Crippen LogP contribution < -0.4 is 15.4 Å². The molecule has 0 bridgehead atoms. The maximum Gasteiger partial charge on any atom is 0.319 e. The highest BCUT2D eigenvalue weighted by Gasteiger charge is 2.25. The van der Waals surface area contributed by atoms with Crippen LogP contribution in [0.25, 0.3) is 0 Å². The number of carbonyl (C=O) groups is 2. The summed E-state index contributed by atoms with van der Waals surface area (Å²) in [6.07, 6.45) is 5.35. The second-order valence-corrected chi connectivity index (χ2v) is 7.66. The Morgan fingerprint density at radius 2 is 2.03 bits per heavy atom. The lowest BCUT2D eigenvalue weighted by molar-refractivity contribution is 0.0686. The number of methoxy groups -OCH3 is 1. The van der Waals surface area contributed by atoms with E-state index in [9.17, 15) is 9.59 Å². The van der Waals surface area contributed by atoms with E-state index in [0.29, 0.717) is 42.6 Å². The zero-order chi connectivity index (χ0) is 20.6. The smallest absolute Gasteiger partial charge is 0.319 e. The number of thioether (sulfide) groups is 1. The Balaban J connectivity index is 1.45. The van der Waals surface area contributed by atoms with Crippen LogP contribution in [0.5, 0.6) is 5.75 Å². The Morgan fingerprint density at radius 3 is 2.76 bits per heavy atom. The third kappa shape index (κ3) is 5.63. The van der Waals surface area contributed by atoms with Gasteiger partial charge in [-0.2, -0.15) is 0 Å². The van der Waals surface area contributed by atoms with Crippen molar-refractivity contribution >= 4 is 29.4 Å². The molecule has 0 atom stereocenters. The minimum Gasteiger partial charge on any atom is -0.497 e. The number of nitrogens with one attached hydrogen (secondary N) is 2. The molecule has 0 unspecified atom stereocenters. The lowest BCUT2D eigenvalue weighted by Crippen LogP contribution is -2.42. The summed E-state index contributed by atoms with van der Waals surface area (Å²) in [5, 5.41) is 6.50. The molecule has 1 aliphatic heterocycles. The first-order chi connectivity index (χ1) is 14.1. The number of likely N-dealkylation sites (tertiary alicyclic amines) is 1. The number of urea groups is 1. The van der Waals surface area contributed by atoms with Crippen LogP contribution >= 0.6 is 11.8 Å². The molecule has 7 nitrogen and oxygen atoms in total. The van der Waals surface area contributed by atoms with E-state index in [1.807, 2.05) is 35.4 Å². The van der Waals surface area contributed by atoms with E-state index in [1.54, 1.807) is 25.4 Å². The monoisotopic (exact) mass is 414 g/mol. The number of aromatic nitrogens is 1. The summed E-state index contributed by atoms with van der Waals surface area (Å²) < 4.78 is 5.16. The number of ether oxygens (including phenoxy) is 1. The molecule has 0 aliphatic carbocycles. The first-order valence-corrected chi connectivity index (χ1v) is 10.8. The predicted molar refractivity (Wildman–Crippen MR) is 115 cm³/mol. The van der Waals surface area contributed by atoms with Crippen LogP contribution in [0.2, 0.25) is 0 Å². The van der Waals surface area contributed by atoms with Crippen molar-refractivity contribution in [3.63, 3.8) is 0 Å². The predicted octanol–water partition coefficient (Wildman–Crippen LogP) is 3.49. The van der Waals surface area contributed by atoms with Gasteiger partial charge in [0.2, 0.25) is 0 Å². The van der Waals surface area contributed by atoms with E-state index in [4.69, 9.17) is 4.74 Å². The van der Waals surface area contributed by atoms with Gasteiger partial charge in [0, 0.05) is 37.6 Å². The number of benzene rings is 1. The first-order valence-electron chi connectivity index (χ1n) is 9.58. The van der Waals surface area contributed by atoms with Gasteiger partial charge < -0.3 is 20.3 Å². The molecule has 2 N–H and O–H groups in total.